The molecule has 1 saturated heterocycles. The molecule has 0 unspecified atom stereocenters. The Bertz CT molecular complexity index is 2040. The van der Waals surface area contributed by atoms with Crippen LogP contribution in [0, 0.1) is 6.92 Å². The highest BCUT2D eigenvalue weighted by atomic mass is 32.2. The zero-order chi connectivity index (χ0) is 30.4. The number of thioether (sulfide) groups is 1. The number of morpholine rings is 1. The van der Waals surface area contributed by atoms with Crippen molar-refractivity contribution in [3.8, 4) is 16.8 Å². The Balaban J connectivity index is 1.31. The van der Waals surface area contributed by atoms with Gasteiger partial charge in [-0.1, -0.05) is 71.9 Å². The fourth-order valence-corrected chi connectivity index (χ4v) is 6.28. The van der Waals surface area contributed by atoms with E-state index in [0.717, 1.165) is 21.2 Å². The standard InChI is InChI=1S/C31H26F3N7O2S/c1-19-9-11-22(12-10-19)40-29(39-13-15-43-16-14-39)36-37-30(40)44-18-21-17-25(42)41-28(35-21)26(27(38-41)31(32,33)34)24-8-4-6-20-5-2-3-7-23(20)24/h2-12,17,38H,13-16,18H2,1H3. The van der Waals surface area contributed by atoms with Crippen molar-refractivity contribution in [2.45, 2.75) is 24.0 Å². The van der Waals surface area contributed by atoms with Crippen LogP contribution in [-0.2, 0) is 16.7 Å². The van der Waals surface area contributed by atoms with Crippen LogP contribution >= 0.6 is 11.8 Å². The molecule has 13 heteroatoms. The number of hydrogen-bond donors (Lipinski definition) is 1. The van der Waals surface area contributed by atoms with Crippen molar-refractivity contribution in [3.63, 3.8) is 0 Å². The molecule has 0 bridgehead atoms. The van der Waals surface area contributed by atoms with E-state index in [4.69, 9.17) is 4.74 Å². The molecule has 9 nitrogen and oxygen atoms in total. The summed E-state index contributed by atoms with van der Waals surface area (Å²) in [4.78, 5) is 19.9. The van der Waals surface area contributed by atoms with Gasteiger partial charge < -0.3 is 9.64 Å². The molecule has 0 aliphatic carbocycles. The first-order chi connectivity index (χ1) is 21.3. The van der Waals surface area contributed by atoms with Crippen LogP contribution < -0.4 is 10.5 Å². The fourth-order valence-electron chi connectivity index (χ4n) is 5.44. The number of H-pyrrole nitrogens is 1. The summed E-state index contributed by atoms with van der Waals surface area (Å²) < 4.78 is 51.4. The average molecular weight is 618 g/mol. The summed E-state index contributed by atoms with van der Waals surface area (Å²) in [5.41, 5.74) is 0.691. The van der Waals surface area contributed by atoms with Gasteiger partial charge in [-0.05, 0) is 35.4 Å². The van der Waals surface area contributed by atoms with Crippen LogP contribution in [0.4, 0.5) is 19.1 Å². The van der Waals surface area contributed by atoms with Gasteiger partial charge in [0.1, 0.15) is 5.69 Å². The van der Waals surface area contributed by atoms with Crippen LogP contribution in [0.15, 0.2) is 82.7 Å². The van der Waals surface area contributed by atoms with E-state index in [9.17, 15) is 18.0 Å². The molecule has 0 spiro atoms. The second-order valence-electron chi connectivity index (χ2n) is 10.5. The second-order valence-corrected chi connectivity index (χ2v) is 11.4. The number of halogens is 3. The second kappa shape index (κ2) is 11.1. The van der Waals surface area contributed by atoms with Crippen molar-refractivity contribution in [2.24, 2.45) is 0 Å². The molecule has 1 aliphatic rings. The summed E-state index contributed by atoms with van der Waals surface area (Å²) in [5, 5.41) is 13.2. The Morgan fingerprint density at radius 1 is 0.977 bits per heavy atom. The van der Waals surface area contributed by atoms with Crippen molar-refractivity contribution in [1.29, 1.82) is 0 Å². The molecule has 0 saturated carbocycles. The molecule has 0 atom stereocenters. The third-order valence-corrected chi connectivity index (χ3v) is 8.53. The van der Waals surface area contributed by atoms with Crippen LogP contribution in [0.3, 0.4) is 0 Å². The van der Waals surface area contributed by atoms with Gasteiger partial charge in [0, 0.05) is 24.9 Å². The maximum absolute atomic E-state index is 14.4. The van der Waals surface area contributed by atoms with E-state index in [1.165, 1.54) is 17.8 Å². The molecule has 4 heterocycles. The average Bonchev–Trinajstić information content (AvgIpc) is 3.63. The summed E-state index contributed by atoms with van der Waals surface area (Å²) in [6.45, 7) is 4.48. The Labute approximate surface area is 253 Å². The van der Waals surface area contributed by atoms with E-state index in [1.54, 1.807) is 24.3 Å². The number of anilines is 1. The number of aryl methyl sites for hydroxylation is 1. The molecule has 0 radical (unpaired) electrons. The SMILES string of the molecule is Cc1ccc(-n2c(SCc3cc(=O)n4[nH]c(C(F)(F)F)c(-c5cccc6ccccc56)c4n3)nnc2N2CCOCC2)cc1. The van der Waals surface area contributed by atoms with E-state index >= 15 is 0 Å². The Morgan fingerprint density at radius 2 is 1.73 bits per heavy atom. The molecule has 6 aromatic rings. The van der Waals surface area contributed by atoms with Gasteiger partial charge in [0.05, 0.1) is 30.2 Å². The molecular weight excluding hydrogens is 591 g/mol. The number of aromatic amines is 1. The number of hydrogen-bond acceptors (Lipinski definition) is 7. The predicted molar refractivity (Wildman–Crippen MR) is 162 cm³/mol. The summed E-state index contributed by atoms with van der Waals surface area (Å²) in [6, 6.07) is 21.6. The van der Waals surface area contributed by atoms with E-state index < -0.39 is 17.4 Å². The number of nitrogens with zero attached hydrogens (tertiary/aromatic N) is 6. The lowest BCUT2D eigenvalue weighted by Crippen LogP contribution is -2.37. The lowest BCUT2D eigenvalue weighted by molar-refractivity contribution is -0.140. The molecule has 1 N–H and O–H groups in total. The number of benzene rings is 3. The predicted octanol–water partition coefficient (Wildman–Crippen LogP) is 5.88. The van der Waals surface area contributed by atoms with E-state index in [0.29, 0.717) is 54.1 Å². The Hall–Kier alpha value is -4.62. The highest BCUT2D eigenvalue weighted by Gasteiger charge is 2.38. The maximum atomic E-state index is 14.4. The minimum absolute atomic E-state index is 0.0919. The smallest absolute Gasteiger partial charge is 0.378 e. The monoisotopic (exact) mass is 617 g/mol. The van der Waals surface area contributed by atoms with Crippen molar-refractivity contribution in [3.05, 3.63) is 100 Å². The summed E-state index contributed by atoms with van der Waals surface area (Å²) >= 11 is 1.31. The van der Waals surface area contributed by atoms with E-state index in [1.807, 2.05) is 54.0 Å². The third kappa shape index (κ3) is 5.11. The van der Waals surface area contributed by atoms with Crippen LogP contribution in [0.25, 0.3) is 33.2 Å². The fraction of sp³-hybridized carbons (Fsp3) is 0.226. The maximum Gasteiger partial charge on any atom is 0.433 e. The van der Waals surface area contributed by atoms with Gasteiger partial charge in [-0.25, -0.2) is 9.50 Å². The molecule has 3 aromatic carbocycles. The molecular formula is C31H26F3N7O2S. The van der Waals surface area contributed by atoms with Gasteiger partial charge in [-0.3, -0.25) is 14.5 Å². The van der Waals surface area contributed by atoms with Crippen LogP contribution in [0.2, 0.25) is 0 Å². The van der Waals surface area contributed by atoms with Crippen molar-refractivity contribution >= 4 is 34.1 Å². The first-order valence-corrected chi connectivity index (χ1v) is 14.9. The topological polar surface area (TPSA) is 93.3 Å². The summed E-state index contributed by atoms with van der Waals surface area (Å²) in [6.07, 6.45) is -4.75. The van der Waals surface area contributed by atoms with Gasteiger partial charge in [0.2, 0.25) is 5.95 Å². The van der Waals surface area contributed by atoms with Crippen molar-refractivity contribution in [1.82, 2.24) is 29.4 Å². The third-order valence-electron chi connectivity index (χ3n) is 7.56. The molecule has 0 amide bonds. The largest absolute Gasteiger partial charge is 0.433 e. The summed E-state index contributed by atoms with van der Waals surface area (Å²) in [7, 11) is 0. The van der Waals surface area contributed by atoms with Gasteiger partial charge in [-0.2, -0.15) is 13.2 Å². The van der Waals surface area contributed by atoms with Gasteiger partial charge in [0.15, 0.2) is 10.8 Å². The number of fused-ring (bicyclic) bond motifs is 2. The molecule has 1 fully saturated rings. The number of alkyl halides is 3. The molecule has 7 rings (SSSR count). The highest BCUT2D eigenvalue weighted by molar-refractivity contribution is 7.98. The van der Waals surface area contributed by atoms with E-state index in [-0.39, 0.29) is 17.0 Å². The van der Waals surface area contributed by atoms with Gasteiger partial charge in [-0.15, -0.1) is 10.2 Å². The molecule has 224 valence electrons. The number of ether oxygens (including phenoxy) is 1. The van der Waals surface area contributed by atoms with E-state index in [2.05, 4.69) is 25.2 Å². The zero-order valence-corrected chi connectivity index (χ0v) is 24.3. The van der Waals surface area contributed by atoms with Crippen LogP contribution in [-0.4, -0.2) is 55.7 Å². The normalized spacial score (nSPS) is 14.1. The Morgan fingerprint density at radius 3 is 2.50 bits per heavy atom. The minimum atomic E-state index is -4.75. The Kier molecular flexibility index (Phi) is 7.13. The number of aromatic nitrogens is 6. The molecule has 1 aliphatic heterocycles. The van der Waals surface area contributed by atoms with Crippen LogP contribution in [0.1, 0.15) is 17.0 Å². The molecule has 44 heavy (non-hydrogen) atoms. The summed E-state index contributed by atoms with van der Waals surface area (Å²) in [5.74, 6) is 0.849. The minimum Gasteiger partial charge on any atom is -0.378 e. The lowest BCUT2D eigenvalue weighted by atomic mass is 9.98. The lowest BCUT2D eigenvalue weighted by Gasteiger charge is -2.28. The first kappa shape index (κ1) is 28.2. The highest BCUT2D eigenvalue weighted by Crippen LogP contribution is 2.41. The first-order valence-electron chi connectivity index (χ1n) is 14.0. The molecule has 3 aromatic heterocycles. The zero-order valence-electron chi connectivity index (χ0n) is 23.5. The van der Waals surface area contributed by atoms with Crippen LogP contribution in [0.5, 0.6) is 0 Å². The van der Waals surface area contributed by atoms with Crippen molar-refractivity contribution in [2.75, 3.05) is 31.2 Å². The quantitative estimate of drug-likeness (QED) is 0.234. The van der Waals surface area contributed by atoms with Gasteiger partial charge >= 0.3 is 6.18 Å². The van der Waals surface area contributed by atoms with Gasteiger partial charge in [0.25, 0.3) is 5.56 Å². The van der Waals surface area contributed by atoms with Crippen molar-refractivity contribution < 1.29 is 17.9 Å². The number of rotatable bonds is 6. The number of nitrogens with one attached hydrogen (secondary N) is 1.